The van der Waals surface area contributed by atoms with E-state index < -0.39 is 20.7 Å². The fraction of sp³-hybridized carbons (Fsp3) is 0.533. The van der Waals surface area contributed by atoms with Gasteiger partial charge in [-0.25, -0.2) is 12.8 Å². The molecule has 0 unspecified atom stereocenters. The number of hydrogen-bond donors (Lipinski definition) is 1. The molecule has 6 nitrogen and oxygen atoms in total. The van der Waals surface area contributed by atoms with Gasteiger partial charge in [0.15, 0.2) is 0 Å². The quantitative estimate of drug-likeness (QED) is 0.898. The molecule has 126 valence electrons. The van der Waals surface area contributed by atoms with E-state index in [2.05, 4.69) is 5.32 Å². The number of halogens is 1. The van der Waals surface area contributed by atoms with Crippen LogP contribution >= 0.6 is 0 Å². The molecule has 1 saturated carbocycles. The first-order valence-electron chi connectivity index (χ1n) is 7.58. The molecule has 1 aliphatic heterocycles. The smallest absolute Gasteiger partial charge is 0.246 e. The summed E-state index contributed by atoms with van der Waals surface area (Å²) < 4.78 is 45.5. The Balaban J connectivity index is 1.83. The number of rotatable bonds is 4. The van der Waals surface area contributed by atoms with Gasteiger partial charge in [-0.3, -0.25) is 4.79 Å². The second-order valence-electron chi connectivity index (χ2n) is 5.97. The lowest BCUT2D eigenvalue weighted by Crippen LogP contribution is -2.40. The van der Waals surface area contributed by atoms with Gasteiger partial charge in [-0.2, -0.15) is 4.31 Å². The van der Waals surface area contributed by atoms with Gasteiger partial charge in [0.2, 0.25) is 15.9 Å². The van der Waals surface area contributed by atoms with Gasteiger partial charge >= 0.3 is 0 Å². The summed E-state index contributed by atoms with van der Waals surface area (Å²) >= 11 is 0. The molecule has 8 heteroatoms. The fourth-order valence-electron chi connectivity index (χ4n) is 2.63. The number of ether oxygens (including phenoxy) is 1. The van der Waals surface area contributed by atoms with Crippen LogP contribution in [0.25, 0.3) is 0 Å². The van der Waals surface area contributed by atoms with Crippen molar-refractivity contribution in [1.29, 1.82) is 0 Å². The van der Waals surface area contributed by atoms with Crippen molar-refractivity contribution in [1.82, 2.24) is 4.31 Å². The zero-order valence-corrected chi connectivity index (χ0v) is 13.6. The summed E-state index contributed by atoms with van der Waals surface area (Å²) in [7, 11) is -3.94. The van der Waals surface area contributed by atoms with E-state index in [4.69, 9.17) is 4.74 Å². The Morgan fingerprint density at radius 2 is 2.00 bits per heavy atom. The predicted octanol–water partition coefficient (Wildman–Crippen LogP) is 1.44. The molecule has 2 fully saturated rings. The van der Waals surface area contributed by atoms with Crippen LogP contribution in [0.1, 0.15) is 13.3 Å². The molecule has 1 N–H and O–H groups in total. The summed E-state index contributed by atoms with van der Waals surface area (Å²) in [6.07, 6.45) is 0.825. The van der Waals surface area contributed by atoms with E-state index in [0.717, 1.165) is 12.5 Å². The molecule has 3 rings (SSSR count). The number of benzene rings is 1. The highest BCUT2D eigenvalue weighted by Crippen LogP contribution is 2.38. The van der Waals surface area contributed by atoms with E-state index in [-0.39, 0.29) is 38.1 Å². The van der Waals surface area contributed by atoms with E-state index in [0.29, 0.717) is 11.6 Å². The topological polar surface area (TPSA) is 75.7 Å². The SMILES string of the molecule is C[C@H]1C[C@H]1C(=O)Nc1ccc(F)c(S(=O)(=O)N2CCOCC2)c1. The van der Waals surface area contributed by atoms with Crippen molar-refractivity contribution in [2.45, 2.75) is 18.2 Å². The molecule has 2 atom stereocenters. The summed E-state index contributed by atoms with van der Waals surface area (Å²) in [5.74, 6) is -0.681. The Morgan fingerprint density at radius 1 is 1.35 bits per heavy atom. The average Bonchev–Trinajstić information content (AvgIpc) is 3.27. The van der Waals surface area contributed by atoms with Gasteiger partial charge < -0.3 is 10.1 Å². The van der Waals surface area contributed by atoms with Crippen molar-refractivity contribution < 1.29 is 22.3 Å². The largest absolute Gasteiger partial charge is 0.379 e. The molecule has 1 saturated heterocycles. The van der Waals surface area contributed by atoms with Gasteiger partial charge in [0, 0.05) is 24.7 Å². The van der Waals surface area contributed by atoms with Crippen LogP contribution in [-0.4, -0.2) is 44.9 Å². The summed E-state index contributed by atoms with van der Waals surface area (Å²) in [6, 6.07) is 3.63. The highest BCUT2D eigenvalue weighted by molar-refractivity contribution is 7.89. The third-order valence-corrected chi connectivity index (χ3v) is 6.15. The Kier molecular flexibility index (Phi) is 4.39. The monoisotopic (exact) mass is 342 g/mol. The van der Waals surface area contributed by atoms with Crippen molar-refractivity contribution >= 4 is 21.6 Å². The molecule has 0 aromatic heterocycles. The van der Waals surface area contributed by atoms with Crippen LogP contribution in [0.3, 0.4) is 0 Å². The van der Waals surface area contributed by atoms with E-state index >= 15 is 0 Å². The van der Waals surface area contributed by atoms with Crippen molar-refractivity contribution in [3.8, 4) is 0 Å². The zero-order chi connectivity index (χ0) is 16.6. The Bertz CT molecular complexity index is 716. The molecule has 0 spiro atoms. The van der Waals surface area contributed by atoms with Crippen molar-refractivity contribution in [2.24, 2.45) is 11.8 Å². The highest BCUT2D eigenvalue weighted by atomic mass is 32.2. The molecule has 1 aliphatic carbocycles. The van der Waals surface area contributed by atoms with Gasteiger partial charge in [-0.1, -0.05) is 6.92 Å². The van der Waals surface area contributed by atoms with E-state index in [1.807, 2.05) is 6.92 Å². The molecule has 23 heavy (non-hydrogen) atoms. The summed E-state index contributed by atoms with van der Waals surface area (Å²) in [4.78, 5) is 11.5. The first-order chi connectivity index (χ1) is 10.9. The number of morpholine rings is 1. The number of carbonyl (C=O) groups excluding carboxylic acids is 1. The minimum absolute atomic E-state index is 0.0423. The molecule has 2 aliphatic rings. The van der Waals surface area contributed by atoms with Crippen LogP contribution in [-0.2, 0) is 19.6 Å². The third-order valence-electron chi connectivity index (χ3n) is 4.23. The number of sulfonamides is 1. The summed E-state index contributed by atoms with van der Waals surface area (Å²) in [6.45, 7) is 2.94. The number of nitrogens with one attached hydrogen (secondary N) is 1. The number of anilines is 1. The first-order valence-corrected chi connectivity index (χ1v) is 9.02. The van der Waals surface area contributed by atoms with Crippen LogP contribution < -0.4 is 5.32 Å². The molecular weight excluding hydrogens is 323 g/mol. The standard InChI is InChI=1S/C15H19FN2O4S/c1-10-8-12(10)15(19)17-11-2-3-13(16)14(9-11)23(20,21)18-4-6-22-7-5-18/h2-3,9-10,12H,4-8H2,1H3,(H,17,19)/t10-,12+/m0/s1. The first kappa shape index (κ1) is 16.4. The maximum absolute atomic E-state index is 14.0. The van der Waals surface area contributed by atoms with Gasteiger partial charge in [0.1, 0.15) is 10.7 Å². The Labute approximate surface area is 134 Å². The predicted molar refractivity (Wildman–Crippen MR) is 81.9 cm³/mol. The zero-order valence-electron chi connectivity index (χ0n) is 12.8. The fourth-order valence-corrected chi connectivity index (χ4v) is 4.13. The van der Waals surface area contributed by atoms with Gasteiger partial charge in [-0.05, 0) is 30.5 Å². The number of carbonyl (C=O) groups is 1. The van der Waals surface area contributed by atoms with Gasteiger partial charge in [-0.15, -0.1) is 0 Å². The van der Waals surface area contributed by atoms with E-state index in [1.54, 1.807) is 0 Å². The Morgan fingerprint density at radius 3 is 2.61 bits per heavy atom. The normalized spacial score (nSPS) is 25.1. The molecule has 1 aromatic rings. The second kappa shape index (κ2) is 6.18. The van der Waals surface area contributed by atoms with Crippen molar-refractivity contribution in [2.75, 3.05) is 31.6 Å². The van der Waals surface area contributed by atoms with E-state index in [1.165, 1.54) is 16.4 Å². The van der Waals surface area contributed by atoms with E-state index in [9.17, 15) is 17.6 Å². The van der Waals surface area contributed by atoms with Crippen molar-refractivity contribution in [3.05, 3.63) is 24.0 Å². The van der Waals surface area contributed by atoms with Crippen LogP contribution in [0, 0.1) is 17.7 Å². The maximum Gasteiger partial charge on any atom is 0.246 e. The second-order valence-corrected chi connectivity index (χ2v) is 7.88. The minimum atomic E-state index is -3.94. The molecule has 0 radical (unpaired) electrons. The lowest BCUT2D eigenvalue weighted by molar-refractivity contribution is -0.117. The third kappa shape index (κ3) is 3.39. The lowest BCUT2D eigenvalue weighted by atomic mass is 10.2. The lowest BCUT2D eigenvalue weighted by Gasteiger charge is -2.26. The van der Waals surface area contributed by atoms with Crippen LogP contribution in [0.2, 0.25) is 0 Å². The minimum Gasteiger partial charge on any atom is -0.379 e. The number of nitrogens with zero attached hydrogens (tertiary/aromatic N) is 1. The van der Waals surface area contributed by atoms with Gasteiger partial charge in [0.05, 0.1) is 13.2 Å². The maximum atomic E-state index is 14.0. The van der Waals surface area contributed by atoms with Crippen molar-refractivity contribution in [3.63, 3.8) is 0 Å². The molecule has 0 bridgehead atoms. The molecule has 1 amide bonds. The Hall–Kier alpha value is -1.51. The molecule has 1 aromatic carbocycles. The highest BCUT2D eigenvalue weighted by Gasteiger charge is 2.39. The number of amides is 1. The molecular formula is C15H19FN2O4S. The van der Waals surface area contributed by atoms with Crippen LogP contribution in [0.15, 0.2) is 23.1 Å². The van der Waals surface area contributed by atoms with Crippen LogP contribution in [0.5, 0.6) is 0 Å². The summed E-state index contributed by atoms with van der Waals surface area (Å²) in [5, 5.41) is 2.66. The average molecular weight is 342 g/mol. The van der Waals surface area contributed by atoms with Crippen LogP contribution in [0.4, 0.5) is 10.1 Å². The number of hydrogen-bond acceptors (Lipinski definition) is 4. The molecule has 1 heterocycles. The van der Waals surface area contributed by atoms with Gasteiger partial charge in [0.25, 0.3) is 0 Å². The summed E-state index contributed by atoms with van der Waals surface area (Å²) in [5.41, 5.74) is 0.294.